The van der Waals surface area contributed by atoms with Crippen LogP contribution in [-0.2, 0) is 9.84 Å². The van der Waals surface area contributed by atoms with Gasteiger partial charge in [-0.25, -0.2) is 13.4 Å². The fourth-order valence-corrected chi connectivity index (χ4v) is 2.26. The van der Waals surface area contributed by atoms with Crippen LogP contribution in [0.3, 0.4) is 0 Å². The van der Waals surface area contributed by atoms with Crippen LogP contribution in [-0.4, -0.2) is 24.6 Å². The summed E-state index contributed by atoms with van der Waals surface area (Å²) < 4.78 is 22.7. The molecule has 0 N–H and O–H groups in total. The van der Waals surface area contributed by atoms with Crippen LogP contribution < -0.4 is 0 Å². The van der Waals surface area contributed by atoms with Gasteiger partial charge in [-0.15, -0.1) is 0 Å². The molecule has 0 saturated carbocycles. The van der Waals surface area contributed by atoms with Crippen LogP contribution in [0.5, 0.6) is 0 Å². The highest BCUT2D eigenvalue weighted by molar-refractivity contribution is 7.90. The molecule has 1 heterocycles. The summed E-state index contributed by atoms with van der Waals surface area (Å²) in [5.74, 6) is 0. The number of sulfone groups is 1. The summed E-state index contributed by atoms with van der Waals surface area (Å²) in [7, 11) is -3.28. The van der Waals surface area contributed by atoms with Crippen molar-refractivity contribution in [1.82, 2.24) is 4.98 Å². The first-order chi connectivity index (χ1) is 8.89. The average Bonchev–Trinajstić information content (AvgIpc) is 2.38. The van der Waals surface area contributed by atoms with E-state index in [1.165, 1.54) is 42.6 Å². The van der Waals surface area contributed by atoms with Gasteiger partial charge in [0.1, 0.15) is 5.69 Å². The maximum atomic E-state index is 11.3. The molecule has 0 fully saturated rings. The number of rotatable bonds is 3. The Morgan fingerprint density at radius 1 is 1.16 bits per heavy atom. The number of nitrogens with zero attached hydrogens (tertiary/aromatic N) is 2. The Kier molecular flexibility index (Phi) is 3.30. The highest BCUT2D eigenvalue weighted by Crippen LogP contribution is 2.27. The minimum absolute atomic E-state index is 0.116. The number of benzene rings is 1. The minimum atomic E-state index is -3.28. The van der Waals surface area contributed by atoms with Gasteiger partial charge in [0, 0.05) is 24.1 Å². The fourth-order valence-electron chi connectivity index (χ4n) is 1.63. The van der Waals surface area contributed by atoms with Crippen molar-refractivity contribution in [3.63, 3.8) is 0 Å². The van der Waals surface area contributed by atoms with Crippen LogP contribution in [0.15, 0.2) is 47.5 Å². The Balaban J connectivity index is 2.52. The maximum Gasteiger partial charge on any atom is 0.295 e. The standard InChI is InChI=1S/C12H10N2O4S/c1-19(17,18)10-6-4-9(5-7-10)12-11(14(15)16)3-2-8-13-12/h2-8H,1H3. The second-order valence-electron chi connectivity index (χ2n) is 3.92. The second-order valence-corrected chi connectivity index (χ2v) is 5.94. The SMILES string of the molecule is CS(=O)(=O)c1ccc(-c2ncccc2[N+](=O)[O-])cc1. The molecule has 0 bridgehead atoms. The first kappa shape index (κ1) is 13.2. The molecular weight excluding hydrogens is 268 g/mol. The molecule has 98 valence electrons. The third-order valence-electron chi connectivity index (χ3n) is 2.54. The van der Waals surface area contributed by atoms with Crippen molar-refractivity contribution < 1.29 is 13.3 Å². The van der Waals surface area contributed by atoms with Gasteiger partial charge in [0.05, 0.1) is 9.82 Å². The molecule has 1 aromatic heterocycles. The van der Waals surface area contributed by atoms with Gasteiger partial charge < -0.3 is 0 Å². The summed E-state index contributed by atoms with van der Waals surface area (Å²) in [6.07, 6.45) is 2.55. The molecule has 2 rings (SSSR count). The van der Waals surface area contributed by atoms with E-state index in [1.807, 2.05) is 0 Å². The van der Waals surface area contributed by atoms with Gasteiger partial charge in [-0.3, -0.25) is 10.1 Å². The molecule has 6 nitrogen and oxygen atoms in total. The zero-order valence-corrected chi connectivity index (χ0v) is 10.8. The number of pyridine rings is 1. The van der Waals surface area contributed by atoms with Crippen molar-refractivity contribution >= 4 is 15.5 Å². The summed E-state index contributed by atoms with van der Waals surface area (Å²) in [6.45, 7) is 0. The quantitative estimate of drug-likeness (QED) is 0.633. The number of hydrogen-bond acceptors (Lipinski definition) is 5. The molecule has 0 spiro atoms. The van der Waals surface area contributed by atoms with Crippen LogP contribution >= 0.6 is 0 Å². The van der Waals surface area contributed by atoms with Crippen LogP contribution in [0.25, 0.3) is 11.3 Å². The van der Waals surface area contributed by atoms with Crippen LogP contribution in [0.4, 0.5) is 5.69 Å². The molecule has 0 saturated heterocycles. The molecule has 1 aromatic carbocycles. The molecule has 0 aliphatic rings. The smallest absolute Gasteiger partial charge is 0.258 e. The fraction of sp³-hybridized carbons (Fsp3) is 0.0833. The largest absolute Gasteiger partial charge is 0.295 e. The average molecular weight is 278 g/mol. The Hall–Kier alpha value is -2.28. The Labute approximate surface area is 109 Å². The van der Waals surface area contributed by atoms with Crippen LogP contribution in [0, 0.1) is 10.1 Å². The lowest BCUT2D eigenvalue weighted by Crippen LogP contribution is -1.97. The molecule has 0 unspecified atom stereocenters. The van der Waals surface area contributed by atoms with Gasteiger partial charge in [-0.05, 0) is 18.2 Å². The lowest BCUT2D eigenvalue weighted by molar-refractivity contribution is -0.384. The highest BCUT2D eigenvalue weighted by atomic mass is 32.2. The summed E-state index contributed by atoms with van der Waals surface area (Å²) in [5.41, 5.74) is 0.599. The lowest BCUT2D eigenvalue weighted by atomic mass is 10.1. The van der Waals surface area contributed by atoms with Crippen molar-refractivity contribution in [2.24, 2.45) is 0 Å². The van der Waals surface area contributed by atoms with E-state index < -0.39 is 14.8 Å². The van der Waals surface area contributed by atoms with Crippen molar-refractivity contribution in [1.29, 1.82) is 0 Å². The van der Waals surface area contributed by atoms with E-state index in [1.54, 1.807) is 0 Å². The molecule has 0 amide bonds. The van der Waals surface area contributed by atoms with Crippen LogP contribution in [0.1, 0.15) is 0 Å². The van der Waals surface area contributed by atoms with Crippen molar-refractivity contribution in [2.75, 3.05) is 6.26 Å². The van der Waals surface area contributed by atoms with Gasteiger partial charge >= 0.3 is 0 Å². The zero-order valence-electron chi connectivity index (χ0n) is 9.98. The van der Waals surface area contributed by atoms with E-state index in [0.29, 0.717) is 5.56 Å². The van der Waals surface area contributed by atoms with E-state index in [2.05, 4.69) is 4.98 Å². The molecule has 19 heavy (non-hydrogen) atoms. The monoisotopic (exact) mass is 278 g/mol. The summed E-state index contributed by atoms with van der Waals surface area (Å²) in [4.78, 5) is 14.5. The minimum Gasteiger partial charge on any atom is -0.258 e. The van der Waals surface area contributed by atoms with Gasteiger partial charge in [0.15, 0.2) is 9.84 Å². The third kappa shape index (κ3) is 2.76. The molecule has 0 aliphatic carbocycles. The van der Waals surface area contributed by atoms with Gasteiger partial charge in [0.2, 0.25) is 0 Å². The molecule has 0 aliphatic heterocycles. The summed E-state index contributed by atoms with van der Waals surface area (Å²) in [6, 6.07) is 8.66. The number of hydrogen-bond donors (Lipinski definition) is 0. The Bertz CT molecular complexity index is 724. The predicted octanol–water partition coefficient (Wildman–Crippen LogP) is 2.06. The first-order valence-electron chi connectivity index (χ1n) is 5.29. The molecule has 2 aromatic rings. The highest BCUT2D eigenvalue weighted by Gasteiger charge is 2.16. The van der Waals surface area contributed by atoms with Crippen molar-refractivity contribution in [2.45, 2.75) is 4.90 Å². The topological polar surface area (TPSA) is 90.2 Å². The second kappa shape index (κ2) is 4.77. The summed E-state index contributed by atoms with van der Waals surface area (Å²) in [5, 5.41) is 10.9. The van der Waals surface area contributed by atoms with E-state index >= 15 is 0 Å². The van der Waals surface area contributed by atoms with Gasteiger partial charge in [-0.1, -0.05) is 12.1 Å². The maximum absolute atomic E-state index is 11.3. The van der Waals surface area contributed by atoms with E-state index in [-0.39, 0.29) is 16.3 Å². The zero-order chi connectivity index (χ0) is 14.0. The molecule has 0 radical (unpaired) electrons. The predicted molar refractivity (Wildman–Crippen MR) is 69.4 cm³/mol. The summed E-state index contributed by atoms with van der Waals surface area (Å²) >= 11 is 0. The Morgan fingerprint density at radius 2 is 1.79 bits per heavy atom. The van der Waals surface area contributed by atoms with E-state index in [0.717, 1.165) is 6.26 Å². The van der Waals surface area contributed by atoms with Gasteiger partial charge in [-0.2, -0.15) is 0 Å². The molecule has 7 heteroatoms. The van der Waals surface area contributed by atoms with E-state index in [4.69, 9.17) is 0 Å². The number of nitro groups is 1. The molecule has 0 atom stereocenters. The number of aromatic nitrogens is 1. The van der Waals surface area contributed by atoms with Crippen LogP contribution in [0.2, 0.25) is 0 Å². The lowest BCUT2D eigenvalue weighted by Gasteiger charge is -2.03. The third-order valence-corrected chi connectivity index (χ3v) is 3.67. The normalized spacial score (nSPS) is 11.2. The molecular formula is C12H10N2O4S. The Morgan fingerprint density at radius 3 is 2.32 bits per heavy atom. The van der Waals surface area contributed by atoms with Crippen molar-refractivity contribution in [3.05, 3.63) is 52.7 Å². The first-order valence-corrected chi connectivity index (χ1v) is 7.18. The van der Waals surface area contributed by atoms with Gasteiger partial charge in [0.25, 0.3) is 5.69 Å². The van der Waals surface area contributed by atoms with Crippen molar-refractivity contribution in [3.8, 4) is 11.3 Å². The van der Waals surface area contributed by atoms with E-state index in [9.17, 15) is 18.5 Å².